The number of aryl methyl sites for hydroxylation is 1. The van der Waals surface area contributed by atoms with Crippen molar-refractivity contribution >= 4 is 43.4 Å². The Morgan fingerprint density at radius 2 is 1.77 bits per heavy atom. The van der Waals surface area contributed by atoms with E-state index in [1.54, 1.807) is 11.1 Å². The maximum atomic E-state index is 14.1. The van der Waals surface area contributed by atoms with Gasteiger partial charge in [0.05, 0.1) is 22.2 Å². The van der Waals surface area contributed by atoms with Gasteiger partial charge in [-0.15, -0.1) is 0 Å². The number of rotatable bonds is 8. The summed E-state index contributed by atoms with van der Waals surface area (Å²) in [4.78, 5) is 26.0. The lowest BCUT2D eigenvalue weighted by Crippen LogP contribution is -2.61. The van der Waals surface area contributed by atoms with E-state index in [-0.39, 0.29) is 34.5 Å². The van der Waals surface area contributed by atoms with Crippen molar-refractivity contribution in [2.75, 3.05) is 37.7 Å². The Labute approximate surface area is 304 Å². The number of hydrogen-bond donors (Lipinski definition) is 1. The number of sulfone groups is 1. The van der Waals surface area contributed by atoms with Crippen LogP contribution in [0.25, 0.3) is 32.9 Å². The third-order valence-corrected chi connectivity index (χ3v) is 14.9. The SMILES string of the molecule is C=CC(=O)N1CC2(CCN(c3nc(OC4CC5CCC(C4)S5(=O)=O)nc4c(OCC(F)(F)F)c(-c5c(C)ccc6[nH]ncc56)c(C5CC5)cc34)CC2)C1. The summed E-state index contributed by atoms with van der Waals surface area (Å²) in [5, 5.41) is 7.61. The monoisotopic (exact) mass is 750 g/mol. The Hall–Kier alpha value is -4.40. The van der Waals surface area contributed by atoms with Crippen LogP contribution in [0.3, 0.4) is 0 Å². The lowest BCUT2D eigenvalue weighted by molar-refractivity contribution is -0.153. The van der Waals surface area contributed by atoms with Crippen molar-refractivity contribution in [3.63, 3.8) is 0 Å². The van der Waals surface area contributed by atoms with Crippen LogP contribution in [0.4, 0.5) is 19.0 Å². The summed E-state index contributed by atoms with van der Waals surface area (Å²) in [5.41, 5.74) is 3.97. The van der Waals surface area contributed by atoms with E-state index < -0.39 is 39.2 Å². The van der Waals surface area contributed by atoms with E-state index in [4.69, 9.17) is 19.4 Å². The molecule has 1 N–H and O–H groups in total. The molecule has 9 rings (SSSR count). The number of carbonyl (C=O) groups excluding carboxylic acids is 1. The van der Waals surface area contributed by atoms with Crippen molar-refractivity contribution in [2.45, 2.75) is 87.0 Å². The highest BCUT2D eigenvalue weighted by Crippen LogP contribution is 2.53. The first kappa shape index (κ1) is 34.4. The van der Waals surface area contributed by atoms with Crippen LogP contribution in [-0.4, -0.2) is 95.0 Å². The van der Waals surface area contributed by atoms with Gasteiger partial charge in [0.25, 0.3) is 0 Å². The number of carbonyl (C=O) groups is 1. The molecular weight excluding hydrogens is 710 g/mol. The van der Waals surface area contributed by atoms with Crippen LogP contribution in [0, 0.1) is 12.3 Å². The number of likely N-dealkylation sites (tertiary alicyclic amines) is 1. The summed E-state index contributed by atoms with van der Waals surface area (Å²) in [7, 11) is -3.22. The van der Waals surface area contributed by atoms with Gasteiger partial charge in [-0.1, -0.05) is 12.6 Å². The zero-order chi connectivity index (χ0) is 36.9. The van der Waals surface area contributed by atoms with Gasteiger partial charge in [0.2, 0.25) is 5.91 Å². The van der Waals surface area contributed by atoms with Gasteiger partial charge in [0.1, 0.15) is 17.4 Å². The largest absolute Gasteiger partial charge is 0.481 e. The molecule has 280 valence electrons. The number of aromatic nitrogens is 4. The van der Waals surface area contributed by atoms with Gasteiger partial charge in [-0.2, -0.15) is 28.2 Å². The number of nitrogens with one attached hydrogen (secondary N) is 1. The Bertz CT molecular complexity index is 2240. The summed E-state index contributed by atoms with van der Waals surface area (Å²) in [6.07, 6.45) is 3.10. The average Bonchev–Trinajstić information content (AvgIpc) is 3.83. The predicted octanol–water partition coefficient (Wildman–Crippen LogP) is 6.40. The van der Waals surface area contributed by atoms with Crippen LogP contribution >= 0.6 is 0 Å². The molecule has 0 radical (unpaired) electrons. The molecule has 1 amide bonds. The zero-order valence-corrected chi connectivity index (χ0v) is 30.2. The standard InChI is InChI=1S/C38H41F3N6O5S/c1-3-30(48)47-18-37(19-47)10-12-46(13-11-37)35-27-16-26(22-5-6-22)32(31-21(2)4-9-29-28(31)17-42-45-29)34(51-20-38(39,40)41)33(27)43-36(44-35)52-23-14-24-7-8-25(15-23)53(24,49)50/h3-4,9,16-17,22-25H,1,5-8,10-15,18-20H2,2H3,(H,42,45). The maximum absolute atomic E-state index is 14.1. The van der Waals surface area contributed by atoms with Crippen LogP contribution in [-0.2, 0) is 14.6 Å². The number of alkyl halides is 3. The smallest absolute Gasteiger partial charge is 0.422 e. The second-order valence-electron chi connectivity index (χ2n) is 15.7. The Balaban J connectivity index is 1.20. The maximum Gasteiger partial charge on any atom is 0.422 e. The Morgan fingerprint density at radius 3 is 2.43 bits per heavy atom. The number of aromatic amines is 1. The second kappa shape index (κ2) is 12.3. The number of fused-ring (bicyclic) bond motifs is 4. The third kappa shape index (κ3) is 5.98. The van der Waals surface area contributed by atoms with E-state index in [1.807, 2.05) is 25.1 Å². The van der Waals surface area contributed by atoms with Gasteiger partial charge in [0, 0.05) is 60.8 Å². The minimum Gasteiger partial charge on any atom is -0.481 e. The molecule has 2 unspecified atom stereocenters. The molecule has 1 saturated carbocycles. The molecule has 4 aliphatic heterocycles. The third-order valence-electron chi connectivity index (χ3n) is 12.1. The molecule has 11 nitrogen and oxygen atoms in total. The summed E-state index contributed by atoms with van der Waals surface area (Å²) in [6, 6.07) is 5.84. The van der Waals surface area contributed by atoms with Crippen LogP contribution < -0.4 is 14.4 Å². The number of benzene rings is 2. The summed E-state index contributed by atoms with van der Waals surface area (Å²) in [5.74, 6) is 0.597. The highest BCUT2D eigenvalue weighted by molar-refractivity contribution is 7.93. The van der Waals surface area contributed by atoms with E-state index in [9.17, 15) is 26.4 Å². The molecule has 4 saturated heterocycles. The van der Waals surface area contributed by atoms with Gasteiger partial charge in [-0.3, -0.25) is 9.89 Å². The molecule has 2 atom stereocenters. The van der Waals surface area contributed by atoms with Crippen molar-refractivity contribution in [2.24, 2.45) is 5.41 Å². The first-order chi connectivity index (χ1) is 25.3. The fourth-order valence-electron chi connectivity index (χ4n) is 9.20. The molecular formula is C38H41F3N6O5S. The van der Waals surface area contributed by atoms with E-state index >= 15 is 0 Å². The molecule has 5 fully saturated rings. The predicted molar refractivity (Wildman–Crippen MR) is 193 cm³/mol. The van der Waals surface area contributed by atoms with Crippen molar-refractivity contribution < 1.29 is 35.9 Å². The molecule has 1 spiro atoms. The van der Waals surface area contributed by atoms with Crippen molar-refractivity contribution in [1.82, 2.24) is 25.1 Å². The molecule has 5 aliphatic rings. The summed E-state index contributed by atoms with van der Waals surface area (Å²) >= 11 is 0. The number of halogens is 3. The second-order valence-corrected chi connectivity index (χ2v) is 18.2. The topological polar surface area (TPSA) is 131 Å². The number of hydrogen-bond acceptors (Lipinski definition) is 9. The quantitative estimate of drug-likeness (QED) is 0.203. The molecule has 15 heteroatoms. The molecule has 53 heavy (non-hydrogen) atoms. The van der Waals surface area contributed by atoms with Gasteiger partial charge < -0.3 is 19.3 Å². The van der Waals surface area contributed by atoms with Crippen LogP contribution in [0.1, 0.15) is 68.4 Å². The summed E-state index contributed by atoms with van der Waals surface area (Å²) in [6.45, 7) is 6.55. The molecule has 6 heterocycles. The van der Waals surface area contributed by atoms with Crippen LogP contribution in [0.5, 0.6) is 11.8 Å². The zero-order valence-electron chi connectivity index (χ0n) is 29.4. The fraction of sp³-hybridized carbons (Fsp3) is 0.526. The molecule has 4 aromatic rings. The first-order valence-electron chi connectivity index (χ1n) is 18.4. The van der Waals surface area contributed by atoms with Crippen LogP contribution in [0.15, 0.2) is 37.1 Å². The first-order valence-corrected chi connectivity index (χ1v) is 20.0. The van der Waals surface area contributed by atoms with Crippen molar-refractivity contribution in [1.29, 1.82) is 0 Å². The number of nitrogens with zero attached hydrogens (tertiary/aromatic N) is 5. The van der Waals surface area contributed by atoms with Crippen molar-refractivity contribution in [3.8, 4) is 22.9 Å². The van der Waals surface area contributed by atoms with Crippen molar-refractivity contribution in [3.05, 3.63) is 48.2 Å². The number of amides is 1. The molecule has 2 aromatic carbocycles. The van der Waals surface area contributed by atoms with E-state index in [0.717, 1.165) is 53.3 Å². The average molecular weight is 751 g/mol. The lowest BCUT2D eigenvalue weighted by Gasteiger charge is -2.54. The van der Waals surface area contributed by atoms with Gasteiger partial charge >= 0.3 is 12.2 Å². The number of piperidine rings is 1. The normalized spacial score (nSPS) is 24.8. The minimum absolute atomic E-state index is 0.0110. The van der Waals surface area contributed by atoms with Gasteiger partial charge in [-0.05, 0) is 86.3 Å². The van der Waals surface area contributed by atoms with E-state index in [1.165, 1.54) is 6.08 Å². The summed E-state index contributed by atoms with van der Waals surface area (Å²) < 4.78 is 80.3. The van der Waals surface area contributed by atoms with Crippen LogP contribution in [0.2, 0.25) is 0 Å². The Morgan fingerprint density at radius 1 is 1.06 bits per heavy atom. The molecule has 2 bridgehead atoms. The van der Waals surface area contributed by atoms with E-state index in [0.29, 0.717) is 68.6 Å². The number of ether oxygens (including phenoxy) is 2. The highest BCUT2D eigenvalue weighted by Gasteiger charge is 2.49. The fourth-order valence-corrected chi connectivity index (χ4v) is 11.6. The minimum atomic E-state index is -4.62. The molecule has 2 aromatic heterocycles. The highest BCUT2D eigenvalue weighted by atomic mass is 32.2. The molecule has 1 aliphatic carbocycles. The van der Waals surface area contributed by atoms with E-state index in [2.05, 4.69) is 21.7 Å². The van der Waals surface area contributed by atoms with Gasteiger partial charge in [-0.25, -0.2) is 8.42 Å². The van der Waals surface area contributed by atoms with Gasteiger partial charge in [0.15, 0.2) is 22.2 Å². The lowest BCUT2D eigenvalue weighted by atomic mass is 9.72. The number of anilines is 1. The Kier molecular flexibility index (Phi) is 7.99. The number of H-pyrrole nitrogens is 1.